The second-order valence-electron chi connectivity index (χ2n) is 5.66. The summed E-state index contributed by atoms with van der Waals surface area (Å²) in [5.41, 5.74) is 3.90. The molecule has 2 aromatic carbocycles. The highest BCUT2D eigenvalue weighted by Crippen LogP contribution is 2.29. The molecule has 0 amide bonds. The van der Waals surface area contributed by atoms with E-state index in [2.05, 4.69) is 4.72 Å². The summed E-state index contributed by atoms with van der Waals surface area (Å²) in [6.07, 6.45) is 0.764. The molecule has 0 aromatic heterocycles. The molecule has 0 heterocycles. The molecule has 4 nitrogen and oxygen atoms in total. The number of methoxy groups -OCH3 is 1. The van der Waals surface area contributed by atoms with Gasteiger partial charge >= 0.3 is 0 Å². The molecule has 0 atom stereocenters. The highest BCUT2D eigenvalue weighted by Gasteiger charge is 2.22. The summed E-state index contributed by atoms with van der Waals surface area (Å²) in [4.78, 5) is 0.309. The standard InChI is InChI=1S/C18H23NO3S/c1-6-15-9-7-8-12(2)17(15)19-23(20,21)18-13(3)10-16(22-5)11-14(18)4/h7-11,19H,6H2,1-5H3. The molecule has 0 bridgehead atoms. The van der Waals surface area contributed by atoms with Gasteiger partial charge in [0.1, 0.15) is 5.75 Å². The smallest absolute Gasteiger partial charge is 0.262 e. The molecule has 0 aliphatic carbocycles. The topological polar surface area (TPSA) is 55.4 Å². The van der Waals surface area contributed by atoms with Gasteiger partial charge in [0.05, 0.1) is 17.7 Å². The lowest BCUT2D eigenvalue weighted by Crippen LogP contribution is -2.17. The Bertz CT molecular complexity index is 803. The van der Waals surface area contributed by atoms with Gasteiger partial charge in [-0.3, -0.25) is 4.72 Å². The molecule has 5 heteroatoms. The zero-order valence-corrected chi connectivity index (χ0v) is 15.0. The number of benzene rings is 2. The fraction of sp³-hybridized carbons (Fsp3) is 0.333. The maximum atomic E-state index is 12.9. The Morgan fingerprint density at radius 3 is 2.17 bits per heavy atom. The van der Waals surface area contributed by atoms with E-state index in [1.54, 1.807) is 33.1 Å². The zero-order chi connectivity index (χ0) is 17.2. The Morgan fingerprint density at radius 2 is 1.65 bits per heavy atom. The number of para-hydroxylation sites is 1. The third-order valence-electron chi connectivity index (χ3n) is 3.91. The molecule has 1 N–H and O–H groups in total. The van der Waals surface area contributed by atoms with Gasteiger partial charge in [0.2, 0.25) is 0 Å². The van der Waals surface area contributed by atoms with Gasteiger partial charge in [-0.25, -0.2) is 8.42 Å². The van der Waals surface area contributed by atoms with Gasteiger partial charge in [-0.1, -0.05) is 25.1 Å². The van der Waals surface area contributed by atoms with Crippen LogP contribution < -0.4 is 9.46 Å². The van der Waals surface area contributed by atoms with E-state index in [1.807, 2.05) is 32.0 Å². The molecular weight excluding hydrogens is 310 g/mol. The quantitative estimate of drug-likeness (QED) is 0.900. The number of hydrogen-bond acceptors (Lipinski definition) is 3. The van der Waals surface area contributed by atoms with Crippen LogP contribution in [0.3, 0.4) is 0 Å². The van der Waals surface area contributed by atoms with Crippen molar-refractivity contribution in [3.05, 3.63) is 52.6 Å². The van der Waals surface area contributed by atoms with Crippen molar-refractivity contribution in [2.24, 2.45) is 0 Å². The van der Waals surface area contributed by atoms with E-state index in [4.69, 9.17) is 4.74 Å². The van der Waals surface area contributed by atoms with Crippen molar-refractivity contribution in [1.82, 2.24) is 0 Å². The highest BCUT2D eigenvalue weighted by molar-refractivity contribution is 7.92. The SMILES string of the molecule is CCc1cccc(C)c1NS(=O)(=O)c1c(C)cc(OC)cc1C. The second kappa shape index (κ2) is 6.62. The van der Waals surface area contributed by atoms with E-state index in [9.17, 15) is 8.42 Å². The van der Waals surface area contributed by atoms with E-state index >= 15 is 0 Å². The lowest BCUT2D eigenvalue weighted by molar-refractivity contribution is 0.413. The predicted molar refractivity (Wildman–Crippen MR) is 93.8 cm³/mol. The van der Waals surface area contributed by atoms with E-state index in [1.165, 1.54) is 0 Å². The molecule has 0 radical (unpaired) electrons. The maximum absolute atomic E-state index is 12.9. The van der Waals surface area contributed by atoms with Crippen molar-refractivity contribution >= 4 is 15.7 Å². The van der Waals surface area contributed by atoms with E-state index < -0.39 is 10.0 Å². The first-order chi connectivity index (χ1) is 10.8. The molecule has 124 valence electrons. The minimum absolute atomic E-state index is 0.309. The molecular formula is C18H23NO3S. The van der Waals surface area contributed by atoms with Crippen LogP contribution >= 0.6 is 0 Å². The van der Waals surface area contributed by atoms with Crippen molar-refractivity contribution < 1.29 is 13.2 Å². The first kappa shape index (κ1) is 17.3. The van der Waals surface area contributed by atoms with Crippen molar-refractivity contribution in [2.75, 3.05) is 11.8 Å². The number of anilines is 1. The third-order valence-corrected chi connectivity index (χ3v) is 5.57. The monoisotopic (exact) mass is 333 g/mol. The first-order valence-electron chi connectivity index (χ1n) is 7.56. The summed E-state index contributed by atoms with van der Waals surface area (Å²) in [7, 11) is -2.09. The number of hydrogen-bond donors (Lipinski definition) is 1. The summed E-state index contributed by atoms with van der Waals surface area (Å²) in [6.45, 7) is 7.48. The fourth-order valence-corrected chi connectivity index (χ4v) is 4.44. The average molecular weight is 333 g/mol. The van der Waals surface area contributed by atoms with Crippen LogP contribution in [0.4, 0.5) is 5.69 Å². The largest absolute Gasteiger partial charge is 0.497 e. The van der Waals surface area contributed by atoms with Crippen LogP contribution in [0.5, 0.6) is 5.75 Å². The Balaban J connectivity index is 2.53. The zero-order valence-electron chi connectivity index (χ0n) is 14.2. The molecule has 0 unspecified atom stereocenters. The Hall–Kier alpha value is -2.01. The van der Waals surface area contributed by atoms with Crippen molar-refractivity contribution in [2.45, 2.75) is 39.0 Å². The number of aryl methyl sites for hydroxylation is 4. The predicted octanol–water partition coefficient (Wildman–Crippen LogP) is 3.98. The number of ether oxygens (including phenoxy) is 1. The van der Waals surface area contributed by atoms with Crippen LogP contribution in [-0.2, 0) is 16.4 Å². The van der Waals surface area contributed by atoms with Crippen LogP contribution in [0.25, 0.3) is 0 Å². The maximum Gasteiger partial charge on any atom is 0.262 e. The molecule has 2 rings (SSSR count). The molecule has 0 saturated carbocycles. The average Bonchev–Trinajstić information content (AvgIpc) is 2.48. The van der Waals surface area contributed by atoms with Gasteiger partial charge in [-0.15, -0.1) is 0 Å². The van der Waals surface area contributed by atoms with Crippen LogP contribution in [0.2, 0.25) is 0 Å². The normalized spacial score (nSPS) is 11.3. The van der Waals surface area contributed by atoms with E-state index in [0.717, 1.165) is 17.5 Å². The first-order valence-corrected chi connectivity index (χ1v) is 9.05. The third kappa shape index (κ3) is 3.50. The van der Waals surface area contributed by atoms with E-state index in [-0.39, 0.29) is 0 Å². The number of sulfonamides is 1. The molecule has 0 saturated heterocycles. The summed E-state index contributed by atoms with van der Waals surface area (Å²) < 4.78 is 33.8. The molecule has 2 aromatic rings. The lowest BCUT2D eigenvalue weighted by atomic mass is 10.1. The van der Waals surface area contributed by atoms with Crippen LogP contribution in [0, 0.1) is 20.8 Å². The lowest BCUT2D eigenvalue weighted by Gasteiger charge is -2.17. The Morgan fingerprint density at radius 1 is 1.04 bits per heavy atom. The van der Waals surface area contributed by atoms with Gasteiger partial charge in [-0.2, -0.15) is 0 Å². The van der Waals surface area contributed by atoms with Crippen LogP contribution in [-0.4, -0.2) is 15.5 Å². The Kier molecular flexibility index (Phi) is 5.00. The fourth-order valence-electron chi connectivity index (χ4n) is 2.81. The van der Waals surface area contributed by atoms with Gasteiger partial charge in [0, 0.05) is 0 Å². The number of nitrogens with one attached hydrogen (secondary N) is 1. The summed E-state index contributed by atoms with van der Waals surface area (Å²) in [5.74, 6) is 0.657. The van der Waals surface area contributed by atoms with E-state index in [0.29, 0.717) is 27.5 Å². The molecule has 0 fully saturated rings. The summed E-state index contributed by atoms with van der Waals surface area (Å²) in [5, 5.41) is 0. The molecule has 0 spiro atoms. The minimum atomic E-state index is -3.66. The van der Waals surface area contributed by atoms with Gasteiger partial charge in [0.25, 0.3) is 10.0 Å². The minimum Gasteiger partial charge on any atom is -0.497 e. The van der Waals surface area contributed by atoms with Crippen molar-refractivity contribution in [1.29, 1.82) is 0 Å². The van der Waals surface area contributed by atoms with Crippen molar-refractivity contribution in [3.63, 3.8) is 0 Å². The summed E-state index contributed by atoms with van der Waals surface area (Å²) >= 11 is 0. The molecule has 0 aliphatic heterocycles. The molecule has 23 heavy (non-hydrogen) atoms. The molecule has 0 aliphatic rings. The highest BCUT2D eigenvalue weighted by atomic mass is 32.2. The van der Waals surface area contributed by atoms with Crippen LogP contribution in [0.15, 0.2) is 35.2 Å². The van der Waals surface area contributed by atoms with Gasteiger partial charge in [0.15, 0.2) is 0 Å². The van der Waals surface area contributed by atoms with Gasteiger partial charge in [-0.05, 0) is 61.6 Å². The Labute approximate surface area is 138 Å². The second-order valence-corrected chi connectivity index (χ2v) is 7.28. The van der Waals surface area contributed by atoms with Crippen molar-refractivity contribution in [3.8, 4) is 5.75 Å². The van der Waals surface area contributed by atoms with Gasteiger partial charge < -0.3 is 4.74 Å². The number of rotatable bonds is 5. The van der Waals surface area contributed by atoms with Crippen LogP contribution in [0.1, 0.15) is 29.2 Å². The summed E-state index contributed by atoms with van der Waals surface area (Å²) in [6, 6.07) is 9.26.